The van der Waals surface area contributed by atoms with E-state index in [0.717, 1.165) is 74.8 Å². The number of aliphatic hydroxyl groups is 1. The first-order chi connectivity index (χ1) is 31.5. The molecule has 2 heterocycles. The molecule has 0 atom stereocenters. The highest BCUT2D eigenvalue weighted by atomic mass is 35.5. The van der Waals surface area contributed by atoms with Gasteiger partial charge in [0, 0.05) is 54.1 Å². The Morgan fingerprint density at radius 1 is 0.862 bits per heavy atom. The third-order valence-corrected chi connectivity index (χ3v) is 12.7. The SMILES string of the molecule is CC/C=C\C/C=C\C/C=C\C/C=C\C/C=C\CCCC(=O)CCCNC(=O)c1cc(C2CC(O)(c3ccc(OCc4c(-c5c(Cl)cccc5Cl)noc4C4CC4)cc3Cl)C2)n(C(C)C)n1. The van der Waals surface area contributed by atoms with Gasteiger partial charge in [0.15, 0.2) is 0 Å². The van der Waals surface area contributed by atoms with E-state index >= 15 is 0 Å². The first-order valence-electron chi connectivity index (χ1n) is 23.2. The molecule has 9 nitrogen and oxygen atoms in total. The fraction of sp³-hybridized carbons (Fsp3) is 0.434. The lowest BCUT2D eigenvalue weighted by Crippen LogP contribution is -2.41. The van der Waals surface area contributed by atoms with Gasteiger partial charge in [-0.05, 0) is 121 Å². The number of allylic oxidation sites excluding steroid dienone is 10. The summed E-state index contributed by atoms with van der Waals surface area (Å²) in [5, 5.41) is 25.1. The fourth-order valence-electron chi connectivity index (χ4n) is 8.08. The van der Waals surface area contributed by atoms with Gasteiger partial charge in [0.25, 0.3) is 5.91 Å². The molecule has 2 saturated carbocycles. The van der Waals surface area contributed by atoms with Gasteiger partial charge in [-0.3, -0.25) is 14.3 Å². The number of hydrogen-bond acceptors (Lipinski definition) is 7. The van der Waals surface area contributed by atoms with Crippen molar-refractivity contribution in [1.29, 1.82) is 0 Å². The van der Waals surface area contributed by atoms with Gasteiger partial charge in [-0.1, -0.05) is 120 Å². The van der Waals surface area contributed by atoms with E-state index in [1.54, 1.807) is 30.3 Å². The second-order valence-corrected chi connectivity index (χ2v) is 18.5. The lowest BCUT2D eigenvalue weighted by molar-refractivity contribution is -0.119. The molecular formula is C53H63Cl3N4O5. The molecule has 2 aromatic heterocycles. The van der Waals surface area contributed by atoms with E-state index < -0.39 is 5.60 Å². The Labute approximate surface area is 399 Å². The Morgan fingerprint density at radius 3 is 2.11 bits per heavy atom. The maximum Gasteiger partial charge on any atom is 0.271 e. The van der Waals surface area contributed by atoms with E-state index in [9.17, 15) is 14.7 Å². The largest absolute Gasteiger partial charge is 0.489 e. The summed E-state index contributed by atoms with van der Waals surface area (Å²) in [6.07, 6.45) is 32.8. The van der Waals surface area contributed by atoms with Crippen LogP contribution >= 0.6 is 34.8 Å². The number of unbranched alkanes of at least 4 members (excludes halogenated alkanes) is 1. The van der Waals surface area contributed by atoms with E-state index in [0.29, 0.717) is 82.0 Å². The van der Waals surface area contributed by atoms with Crippen molar-refractivity contribution < 1.29 is 24.0 Å². The monoisotopic (exact) mass is 940 g/mol. The van der Waals surface area contributed by atoms with Crippen molar-refractivity contribution in [2.24, 2.45) is 0 Å². The molecule has 346 valence electrons. The number of ketones is 1. The molecule has 1 amide bonds. The summed E-state index contributed by atoms with van der Waals surface area (Å²) >= 11 is 19.9. The second-order valence-electron chi connectivity index (χ2n) is 17.3. The number of amides is 1. The summed E-state index contributed by atoms with van der Waals surface area (Å²) in [5.41, 5.74) is 2.65. The van der Waals surface area contributed by atoms with E-state index in [1.807, 2.05) is 30.7 Å². The molecule has 0 aliphatic heterocycles. The lowest BCUT2D eigenvalue weighted by Gasteiger charge is -2.44. The van der Waals surface area contributed by atoms with Crippen LogP contribution < -0.4 is 10.1 Å². The van der Waals surface area contributed by atoms with Crippen LogP contribution in [0.25, 0.3) is 11.3 Å². The molecule has 2 aromatic carbocycles. The summed E-state index contributed by atoms with van der Waals surface area (Å²) in [4.78, 5) is 25.7. The Hall–Kier alpha value is -4.67. The first-order valence-corrected chi connectivity index (χ1v) is 24.3. The van der Waals surface area contributed by atoms with Crippen LogP contribution in [0.15, 0.2) is 108 Å². The van der Waals surface area contributed by atoms with Gasteiger partial charge in [-0.15, -0.1) is 0 Å². The molecule has 0 radical (unpaired) electrons. The van der Waals surface area contributed by atoms with Crippen molar-refractivity contribution >= 4 is 46.5 Å². The maximum absolute atomic E-state index is 13.2. The van der Waals surface area contributed by atoms with Gasteiger partial charge in [0.2, 0.25) is 0 Å². The quantitative estimate of drug-likeness (QED) is 0.0475. The lowest BCUT2D eigenvalue weighted by atomic mass is 9.66. The van der Waals surface area contributed by atoms with E-state index in [2.05, 4.69) is 83.3 Å². The standard InChI is InChI=1S/C53H63Cl3N4O5/c1-4-5-6-7-8-9-10-11-12-13-14-15-16-17-18-19-20-23-40(61)24-22-31-57-52(62)47-33-48(60(58-47)37(2)3)39-34-53(63,35-39)43-30-29-41(32-46(43)56)64-36-42-50(59-65-51(42)38-27-28-38)49-44(54)25-21-26-45(49)55/h5-6,8-9,11-12,14-15,17-18,21,25-26,29-30,32-33,37-39,63H,4,7,10,13,16,19-20,22-24,27-28,31,34-36H2,1-3H3,(H,57,62)/b6-5-,9-8-,12-11-,15-14-,18-17-. The number of ether oxygens (including phenoxy) is 1. The third kappa shape index (κ3) is 14.2. The molecule has 2 aliphatic carbocycles. The molecule has 0 bridgehead atoms. The third-order valence-electron chi connectivity index (χ3n) is 11.8. The highest BCUT2D eigenvalue weighted by Gasteiger charge is 2.47. The van der Waals surface area contributed by atoms with E-state index in [4.69, 9.17) is 44.1 Å². The van der Waals surface area contributed by atoms with Gasteiger partial charge < -0.3 is 19.7 Å². The van der Waals surface area contributed by atoms with Crippen LogP contribution in [0, 0.1) is 0 Å². The zero-order valence-electron chi connectivity index (χ0n) is 37.9. The van der Waals surface area contributed by atoms with Crippen molar-refractivity contribution in [3.8, 4) is 17.0 Å². The molecule has 0 unspecified atom stereocenters. The van der Waals surface area contributed by atoms with E-state index in [-0.39, 0.29) is 36.2 Å². The maximum atomic E-state index is 13.2. The molecule has 2 N–H and O–H groups in total. The Kier molecular flexibility index (Phi) is 18.9. The minimum atomic E-state index is -1.16. The Bertz CT molecular complexity index is 2340. The van der Waals surface area contributed by atoms with Crippen molar-refractivity contribution in [3.05, 3.63) is 147 Å². The van der Waals surface area contributed by atoms with Crippen molar-refractivity contribution in [2.75, 3.05) is 6.54 Å². The number of benzene rings is 2. The van der Waals surface area contributed by atoms with Gasteiger partial charge >= 0.3 is 0 Å². The molecule has 12 heteroatoms. The minimum Gasteiger partial charge on any atom is -0.489 e. The number of nitrogens with one attached hydrogen (secondary N) is 1. The number of rotatable bonds is 26. The van der Waals surface area contributed by atoms with E-state index in [1.165, 1.54) is 0 Å². The molecule has 4 aromatic rings. The molecular weight excluding hydrogens is 879 g/mol. The average Bonchev–Trinajstić information content (AvgIpc) is 3.88. The predicted octanol–water partition coefficient (Wildman–Crippen LogP) is 14.3. The fourth-order valence-corrected chi connectivity index (χ4v) is 9.00. The van der Waals surface area contributed by atoms with Crippen LogP contribution in [0.1, 0.15) is 162 Å². The van der Waals surface area contributed by atoms with Crippen molar-refractivity contribution in [3.63, 3.8) is 0 Å². The van der Waals surface area contributed by atoms with Crippen LogP contribution in [0.3, 0.4) is 0 Å². The van der Waals surface area contributed by atoms with Gasteiger partial charge in [0.1, 0.15) is 35.3 Å². The number of carbonyl (C=O) groups is 2. The van der Waals surface area contributed by atoms with Crippen LogP contribution in [0.5, 0.6) is 5.75 Å². The molecule has 6 rings (SSSR count). The summed E-state index contributed by atoms with van der Waals surface area (Å²) in [6.45, 7) is 6.75. The number of aromatic nitrogens is 3. The van der Waals surface area contributed by atoms with Gasteiger partial charge in [-0.2, -0.15) is 5.10 Å². The summed E-state index contributed by atoms with van der Waals surface area (Å²) in [5.74, 6) is 1.50. The summed E-state index contributed by atoms with van der Waals surface area (Å²) in [7, 11) is 0. The normalized spacial score (nSPS) is 17.8. The average molecular weight is 942 g/mol. The van der Waals surface area contributed by atoms with Crippen LogP contribution in [0.2, 0.25) is 15.1 Å². The van der Waals surface area contributed by atoms with Gasteiger partial charge in [0.05, 0.1) is 26.2 Å². The summed E-state index contributed by atoms with van der Waals surface area (Å²) < 4.78 is 13.9. The number of hydrogen-bond donors (Lipinski definition) is 2. The number of nitrogens with zero attached hydrogens (tertiary/aromatic N) is 3. The number of halogens is 3. The molecule has 0 saturated heterocycles. The van der Waals surface area contributed by atoms with Crippen LogP contribution in [-0.2, 0) is 17.0 Å². The topological polar surface area (TPSA) is 119 Å². The molecule has 2 fully saturated rings. The molecule has 0 spiro atoms. The zero-order chi connectivity index (χ0) is 46.2. The first kappa shape index (κ1) is 49.8. The summed E-state index contributed by atoms with van der Waals surface area (Å²) in [6, 6.07) is 12.5. The van der Waals surface area contributed by atoms with Crippen LogP contribution in [0.4, 0.5) is 0 Å². The zero-order valence-corrected chi connectivity index (χ0v) is 40.2. The number of carbonyl (C=O) groups excluding carboxylic acids is 2. The van der Waals surface area contributed by atoms with Crippen molar-refractivity contribution in [2.45, 2.75) is 141 Å². The Morgan fingerprint density at radius 2 is 1.49 bits per heavy atom. The minimum absolute atomic E-state index is 0.00723. The second kappa shape index (κ2) is 24.7. The highest BCUT2D eigenvalue weighted by molar-refractivity contribution is 6.39. The van der Waals surface area contributed by atoms with Crippen LogP contribution in [-0.4, -0.2) is 38.3 Å². The van der Waals surface area contributed by atoms with Crippen molar-refractivity contribution in [1.82, 2.24) is 20.3 Å². The predicted molar refractivity (Wildman–Crippen MR) is 263 cm³/mol. The van der Waals surface area contributed by atoms with Gasteiger partial charge in [-0.25, -0.2) is 0 Å². The number of Topliss-reactive ketones (excluding diaryl/α,β-unsaturated/α-hetero) is 1. The Balaban J connectivity index is 0.907. The molecule has 65 heavy (non-hydrogen) atoms. The highest BCUT2D eigenvalue weighted by Crippen LogP contribution is 2.53. The smallest absolute Gasteiger partial charge is 0.271 e. The molecule has 2 aliphatic rings.